The number of aromatic nitrogens is 3. The normalized spacial score (nSPS) is 10.9. The number of nitrogens with one attached hydrogen (secondary N) is 1. The smallest absolute Gasteiger partial charge is 0.255 e. The summed E-state index contributed by atoms with van der Waals surface area (Å²) in [5.41, 5.74) is 4.95. The monoisotopic (exact) mass is 400 g/mol. The zero-order valence-electron chi connectivity index (χ0n) is 17.1. The third-order valence-corrected chi connectivity index (χ3v) is 4.98. The van der Waals surface area contributed by atoms with Crippen molar-refractivity contribution in [1.82, 2.24) is 15.0 Å². The molecule has 6 nitrogen and oxygen atoms in total. The molecule has 0 aliphatic carbocycles. The predicted octanol–water partition coefficient (Wildman–Crippen LogP) is 5.02. The van der Waals surface area contributed by atoms with Crippen LogP contribution in [0.3, 0.4) is 0 Å². The standard InChI is InChI=1S/C24H24N4O2/c1-3-4-5-17-6-11-20(12-7-17)28-26-22-15-10-19(16-23(22)27-28)25-24(29)18-8-13-21(30-2)14-9-18/h6-16H,3-5H2,1-2H3,(H,25,29). The largest absolute Gasteiger partial charge is 0.497 e. The van der Waals surface area contributed by atoms with Crippen LogP contribution in [0.15, 0.2) is 66.7 Å². The highest BCUT2D eigenvalue weighted by Gasteiger charge is 2.09. The van der Waals surface area contributed by atoms with Gasteiger partial charge in [0.25, 0.3) is 5.91 Å². The summed E-state index contributed by atoms with van der Waals surface area (Å²) in [6.45, 7) is 2.20. The maximum absolute atomic E-state index is 12.5. The van der Waals surface area contributed by atoms with Crippen LogP contribution in [0.5, 0.6) is 5.75 Å². The maximum atomic E-state index is 12.5. The molecule has 30 heavy (non-hydrogen) atoms. The molecule has 6 heteroatoms. The highest BCUT2D eigenvalue weighted by molar-refractivity contribution is 6.05. The average Bonchev–Trinajstić information content (AvgIpc) is 3.21. The van der Waals surface area contributed by atoms with Gasteiger partial charge in [-0.15, -0.1) is 10.2 Å². The molecule has 1 heterocycles. The van der Waals surface area contributed by atoms with Crippen molar-refractivity contribution < 1.29 is 9.53 Å². The van der Waals surface area contributed by atoms with Crippen LogP contribution in [0.25, 0.3) is 16.7 Å². The SMILES string of the molecule is CCCCc1ccc(-n2nc3ccc(NC(=O)c4ccc(OC)cc4)cc3n2)cc1. The van der Waals surface area contributed by atoms with Crippen molar-refractivity contribution in [2.75, 3.05) is 12.4 Å². The first-order valence-corrected chi connectivity index (χ1v) is 10.1. The minimum atomic E-state index is -0.188. The number of unbranched alkanes of at least 4 members (excludes halogenated alkanes) is 1. The molecule has 0 fully saturated rings. The number of anilines is 1. The van der Waals surface area contributed by atoms with E-state index in [1.165, 1.54) is 18.4 Å². The van der Waals surface area contributed by atoms with E-state index >= 15 is 0 Å². The van der Waals surface area contributed by atoms with Gasteiger partial charge in [-0.3, -0.25) is 4.79 Å². The van der Waals surface area contributed by atoms with E-state index in [1.54, 1.807) is 36.2 Å². The topological polar surface area (TPSA) is 69.0 Å². The number of amides is 1. The van der Waals surface area contributed by atoms with Gasteiger partial charge in [-0.1, -0.05) is 25.5 Å². The Bertz CT molecular complexity index is 1150. The van der Waals surface area contributed by atoms with E-state index in [4.69, 9.17) is 4.74 Å². The molecule has 1 aromatic heterocycles. The first-order valence-electron chi connectivity index (χ1n) is 10.1. The second-order valence-corrected chi connectivity index (χ2v) is 7.15. The summed E-state index contributed by atoms with van der Waals surface area (Å²) in [5.74, 6) is 0.523. The van der Waals surface area contributed by atoms with Crippen LogP contribution >= 0.6 is 0 Å². The second-order valence-electron chi connectivity index (χ2n) is 7.15. The lowest BCUT2D eigenvalue weighted by molar-refractivity contribution is 0.102. The lowest BCUT2D eigenvalue weighted by Gasteiger charge is -2.06. The Morgan fingerprint density at radius 3 is 2.40 bits per heavy atom. The van der Waals surface area contributed by atoms with Crippen LogP contribution < -0.4 is 10.1 Å². The van der Waals surface area contributed by atoms with E-state index in [9.17, 15) is 4.79 Å². The molecule has 0 atom stereocenters. The number of hydrogen-bond acceptors (Lipinski definition) is 4. The molecule has 0 aliphatic rings. The Morgan fingerprint density at radius 2 is 1.70 bits per heavy atom. The Hall–Kier alpha value is -3.67. The van der Waals surface area contributed by atoms with Crippen LogP contribution in [0, 0.1) is 0 Å². The zero-order chi connectivity index (χ0) is 20.9. The van der Waals surface area contributed by atoms with Crippen LogP contribution in [0.1, 0.15) is 35.7 Å². The zero-order valence-corrected chi connectivity index (χ0v) is 17.1. The van der Waals surface area contributed by atoms with Crippen molar-refractivity contribution in [2.45, 2.75) is 26.2 Å². The van der Waals surface area contributed by atoms with Crippen molar-refractivity contribution in [3.8, 4) is 11.4 Å². The summed E-state index contributed by atoms with van der Waals surface area (Å²) >= 11 is 0. The van der Waals surface area contributed by atoms with Crippen LogP contribution in [0.4, 0.5) is 5.69 Å². The fraction of sp³-hybridized carbons (Fsp3) is 0.208. The molecule has 1 amide bonds. The quantitative estimate of drug-likeness (QED) is 0.473. The molecule has 0 spiro atoms. The van der Waals surface area contributed by atoms with E-state index in [-0.39, 0.29) is 5.91 Å². The summed E-state index contributed by atoms with van der Waals surface area (Å²) in [6, 6.07) is 20.8. The molecule has 4 aromatic rings. The van der Waals surface area contributed by atoms with Gasteiger partial charge in [0.15, 0.2) is 0 Å². The van der Waals surface area contributed by atoms with Crippen molar-refractivity contribution in [2.24, 2.45) is 0 Å². The molecular formula is C24H24N4O2. The van der Waals surface area contributed by atoms with Gasteiger partial charge in [-0.05, 0) is 73.0 Å². The number of nitrogens with zero attached hydrogens (tertiary/aromatic N) is 3. The van der Waals surface area contributed by atoms with Crippen LogP contribution in [-0.2, 0) is 6.42 Å². The fourth-order valence-electron chi connectivity index (χ4n) is 3.23. The number of fused-ring (bicyclic) bond motifs is 1. The van der Waals surface area contributed by atoms with Gasteiger partial charge in [0, 0.05) is 11.3 Å². The van der Waals surface area contributed by atoms with E-state index in [1.807, 2.05) is 30.3 Å². The third kappa shape index (κ3) is 4.33. The molecule has 0 bridgehead atoms. The van der Waals surface area contributed by atoms with Gasteiger partial charge in [-0.25, -0.2) is 0 Å². The van der Waals surface area contributed by atoms with Gasteiger partial charge in [-0.2, -0.15) is 4.80 Å². The molecule has 4 rings (SSSR count). The Labute approximate surface area is 175 Å². The molecule has 0 unspecified atom stereocenters. The van der Waals surface area contributed by atoms with Gasteiger partial charge in [0.1, 0.15) is 16.8 Å². The number of rotatable bonds is 7. The number of carbonyl (C=O) groups excluding carboxylic acids is 1. The minimum absolute atomic E-state index is 0.188. The fourth-order valence-corrected chi connectivity index (χ4v) is 3.23. The molecule has 152 valence electrons. The van der Waals surface area contributed by atoms with Crippen molar-refractivity contribution >= 4 is 22.6 Å². The lowest BCUT2D eigenvalue weighted by Crippen LogP contribution is -2.11. The Kier molecular flexibility index (Phi) is 5.75. The van der Waals surface area contributed by atoms with E-state index in [2.05, 4.69) is 34.6 Å². The summed E-state index contributed by atoms with van der Waals surface area (Å²) in [7, 11) is 1.60. The molecule has 0 saturated heterocycles. The van der Waals surface area contributed by atoms with Crippen molar-refractivity contribution in [3.05, 3.63) is 77.9 Å². The Balaban J connectivity index is 1.51. The van der Waals surface area contributed by atoms with Crippen LogP contribution in [0.2, 0.25) is 0 Å². The predicted molar refractivity (Wildman–Crippen MR) is 118 cm³/mol. The summed E-state index contributed by atoms with van der Waals surface area (Å²) < 4.78 is 5.13. The number of benzene rings is 3. The highest BCUT2D eigenvalue weighted by Crippen LogP contribution is 2.19. The molecule has 1 N–H and O–H groups in total. The maximum Gasteiger partial charge on any atom is 0.255 e. The van der Waals surface area contributed by atoms with Crippen molar-refractivity contribution in [3.63, 3.8) is 0 Å². The minimum Gasteiger partial charge on any atom is -0.497 e. The number of methoxy groups -OCH3 is 1. The molecule has 3 aromatic carbocycles. The number of aryl methyl sites for hydroxylation is 1. The van der Waals surface area contributed by atoms with Gasteiger partial charge >= 0.3 is 0 Å². The van der Waals surface area contributed by atoms with E-state index in [0.717, 1.165) is 23.1 Å². The number of ether oxygens (including phenoxy) is 1. The summed E-state index contributed by atoms with van der Waals surface area (Å²) in [5, 5.41) is 12.0. The van der Waals surface area contributed by atoms with E-state index in [0.29, 0.717) is 17.0 Å². The van der Waals surface area contributed by atoms with Crippen LogP contribution in [-0.4, -0.2) is 28.0 Å². The first kappa shape index (κ1) is 19.6. The molecule has 0 aliphatic heterocycles. The third-order valence-electron chi connectivity index (χ3n) is 4.98. The second kappa shape index (κ2) is 8.78. The van der Waals surface area contributed by atoms with Gasteiger partial charge in [0.2, 0.25) is 0 Å². The highest BCUT2D eigenvalue weighted by atomic mass is 16.5. The average molecular weight is 400 g/mol. The van der Waals surface area contributed by atoms with Crippen molar-refractivity contribution in [1.29, 1.82) is 0 Å². The van der Waals surface area contributed by atoms with E-state index < -0.39 is 0 Å². The number of hydrogen-bond donors (Lipinski definition) is 1. The number of carbonyl (C=O) groups is 1. The summed E-state index contributed by atoms with van der Waals surface area (Å²) in [4.78, 5) is 14.1. The van der Waals surface area contributed by atoms with Gasteiger partial charge in [0.05, 0.1) is 12.8 Å². The molecule has 0 saturated carbocycles. The first-order chi connectivity index (χ1) is 14.7. The summed E-state index contributed by atoms with van der Waals surface area (Å²) in [6.07, 6.45) is 3.46. The lowest BCUT2D eigenvalue weighted by atomic mass is 10.1. The molecule has 0 radical (unpaired) electrons. The van der Waals surface area contributed by atoms with Gasteiger partial charge < -0.3 is 10.1 Å². The molecular weight excluding hydrogens is 376 g/mol. The Morgan fingerprint density at radius 1 is 0.967 bits per heavy atom.